The van der Waals surface area contributed by atoms with Gasteiger partial charge in [0.05, 0.1) is 5.56 Å². The molecule has 0 bridgehead atoms. The van der Waals surface area contributed by atoms with E-state index in [1.165, 1.54) is 6.42 Å². The van der Waals surface area contributed by atoms with Crippen molar-refractivity contribution in [2.45, 2.75) is 32.1 Å². The number of para-hydroxylation sites is 1. The molecule has 1 aromatic carbocycles. The fraction of sp³-hybridized carbons (Fsp3) is 0.429. The molecule has 20 heavy (non-hydrogen) atoms. The van der Waals surface area contributed by atoms with Gasteiger partial charge in [0.1, 0.15) is 0 Å². The molecule has 1 aliphatic rings. The lowest BCUT2D eigenvalue weighted by atomic mass is 9.89. The van der Waals surface area contributed by atoms with Crippen molar-refractivity contribution in [1.82, 2.24) is 10.9 Å². The molecule has 1 fully saturated rings. The van der Waals surface area contributed by atoms with Crippen molar-refractivity contribution in [3.63, 3.8) is 0 Å². The van der Waals surface area contributed by atoms with E-state index in [1.807, 2.05) is 5.43 Å². The molecule has 1 aromatic rings. The Kier molecular flexibility index (Phi) is 4.95. The quantitative estimate of drug-likeness (QED) is 0.439. The van der Waals surface area contributed by atoms with Crippen molar-refractivity contribution >= 4 is 11.8 Å². The predicted octanol–water partition coefficient (Wildman–Crippen LogP) is 1.28. The molecular formula is C14H19N3O3. The van der Waals surface area contributed by atoms with Crippen LogP contribution in [0.1, 0.15) is 42.5 Å². The zero-order valence-corrected chi connectivity index (χ0v) is 11.2. The maximum atomic E-state index is 12.0. The average molecular weight is 277 g/mol. The van der Waals surface area contributed by atoms with Gasteiger partial charge in [-0.1, -0.05) is 31.4 Å². The van der Waals surface area contributed by atoms with Crippen molar-refractivity contribution in [2.75, 3.05) is 0 Å². The molecule has 2 rings (SSSR count). The lowest BCUT2D eigenvalue weighted by Gasteiger charge is -2.20. The van der Waals surface area contributed by atoms with Crippen molar-refractivity contribution < 1.29 is 14.4 Å². The summed E-state index contributed by atoms with van der Waals surface area (Å²) in [6.07, 6.45) is 5.11. The number of rotatable bonds is 4. The zero-order chi connectivity index (χ0) is 14.4. The van der Waals surface area contributed by atoms with Gasteiger partial charge in [-0.2, -0.15) is 5.48 Å². The molecular weight excluding hydrogens is 258 g/mol. The Balaban J connectivity index is 1.96. The lowest BCUT2D eigenvalue weighted by Crippen LogP contribution is -2.35. The van der Waals surface area contributed by atoms with Gasteiger partial charge in [-0.3, -0.25) is 15.0 Å². The van der Waals surface area contributed by atoms with Gasteiger partial charge in [-0.05, 0) is 25.0 Å². The second-order valence-corrected chi connectivity index (χ2v) is 4.87. The van der Waals surface area contributed by atoms with Gasteiger partial charge in [0, 0.05) is 5.92 Å². The van der Waals surface area contributed by atoms with Crippen molar-refractivity contribution in [1.29, 1.82) is 0 Å². The summed E-state index contributed by atoms with van der Waals surface area (Å²) in [6, 6.07) is 6.59. The normalized spacial score (nSPS) is 15.4. The summed E-state index contributed by atoms with van der Waals surface area (Å²) in [4.78, 5) is 28.8. The second-order valence-electron chi connectivity index (χ2n) is 4.87. The highest BCUT2D eigenvalue weighted by atomic mass is 16.7. The molecule has 0 aliphatic heterocycles. The minimum Gasteiger partial charge on any atom is -0.379 e. The molecule has 0 unspecified atom stereocenters. The number of nitrogens with one attached hydrogen (secondary N) is 2. The third kappa shape index (κ3) is 3.48. The van der Waals surface area contributed by atoms with E-state index in [9.17, 15) is 9.59 Å². The number of nitrogens with two attached hydrogens (primary N) is 1. The van der Waals surface area contributed by atoms with E-state index < -0.39 is 5.91 Å². The van der Waals surface area contributed by atoms with Gasteiger partial charge in [0.2, 0.25) is 0 Å². The molecule has 0 spiro atoms. The number of hydroxylamine groups is 1. The van der Waals surface area contributed by atoms with Gasteiger partial charge in [-0.25, -0.2) is 5.84 Å². The van der Waals surface area contributed by atoms with Gasteiger partial charge in [0.15, 0.2) is 5.75 Å². The number of amides is 2. The van der Waals surface area contributed by atoms with E-state index in [1.54, 1.807) is 24.3 Å². The van der Waals surface area contributed by atoms with E-state index in [-0.39, 0.29) is 23.1 Å². The van der Waals surface area contributed by atoms with Crippen LogP contribution in [0.5, 0.6) is 5.75 Å². The Bertz CT molecular complexity index is 484. The molecule has 1 aliphatic carbocycles. The number of nitrogen functional groups attached to an aromatic ring is 1. The Morgan fingerprint density at radius 2 is 1.85 bits per heavy atom. The highest BCUT2D eigenvalue weighted by Gasteiger charge is 2.22. The number of benzene rings is 1. The summed E-state index contributed by atoms with van der Waals surface area (Å²) in [5.74, 6) is 4.78. The minimum absolute atomic E-state index is 0.000697. The smallest absolute Gasteiger partial charge is 0.269 e. The van der Waals surface area contributed by atoms with Crippen LogP contribution in [0.3, 0.4) is 0 Å². The maximum Gasteiger partial charge on any atom is 0.269 e. The van der Waals surface area contributed by atoms with E-state index in [4.69, 9.17) is 10.7 Å². The topological polar surface area (TPSA) is 93.4 Å². The molecule has 108 valence electrons. The van der Waals surface area contributed by atoms with Crippen molar-refractivity contribution in [3.05, 3.63) is 29.8 Å². The van der Waals surface area contributed by atoms with Crippen molar-refractivity contribution in [2.24, 2.45) is 11.8 Å². The number of carbonyl (C=O) groups is 2. The summed E-state index contributed by atoms with van der Waals surface area (Å²) < 4.78 is 0. The number of carbonyl (C=O) groups excluding carboxylic acids is 2. The van der Waals surface area contributed by atoms with E-state index in [0.717, 1.165) is 25.7 Å². The van der Waals surface area contributed by atoms with Crippen molar-refractivity contribution in [3.8, 4) is 5.75 Å². The van der Waals surface area contributed by atoms with Gasteiger partial charge in [-0.15, -0.1) is 0 Å². The average Bonchev–Trinajstić information content (AvgIpc) is 2.53. The summed E-state index contributed by atoms with van der Waals surface area (Å²) >= 11 is 0. The van der Waals surface area contributed by atoms with Gasteiger partial charge in [0.25, 0.3) is 11.8 Å². The van der Waals surface area contributed by atoms with Crippen LogP contribution in [0.4, 0.5) is 0 Å². The minimum atomic E-state index is -0.465. The van der Waals surface area contributed by atoms with Crippen LogP contribution in [-0.4, -0.2) is 11.8 Å². The Labute approximate surface area is 117 Å². The molecule has 4 N–H and O–H groups in total. The molecule has 6 nitrogen and oxygen atoms in total. The molecule has 0 saturated heterocycles. The van der Waals surface area contributed by atoms with Crippen LogP contribution in [0.25, 0.3) is 0 Å². The van der Waals surface area contributed by atoms with Crippen LogP contribution in [0, 0.1) is 5.92 Å². The van der Waals surface area contributed by atoms with Crippen LogP contribution in [0.2, 0.25) is 0 Å². The first kappa shape index (κ1) is 14.3. The third-order valence-electron chi connectivity index (χ3n) is 3.50. The van der Waals surface area contributed by atoms with Crippen LogP contribution in [-0.2, 0) is 4.79 Å². The van der Waals surface area contributed by atoms with E-state index in [2.05, 4.69) is 5.48 Å². The maximum absolute atomic E-state index is 12.0. The molecule has 0 atom stereocenters. The summed E-state index contributed by atoms with van der Waals surface area (Å²) in [7, 11) is 0. The first-order valence-electron chi connectivity index (χ1n) is 6.79. The largest absolute Gasteiger partial charge is 0.379 e. The molecule has 1 saturated carbocycles. The first-order chi connectivity index (χ1) is 9.72. The van der Waals surface area contributed by atoms with Crippen LogP contribution < -0.4 is 21.6 Å². The van der Waals surface area contributed by atoms with Gasteiger partial charge < -0.3 is 4.84 Å². The Hall–Kier alpha value is -2.08. The Morgan fingerprint density at radius 1 is 1.15 bits per heavy atom. The van der Waals surface area contributed by atoms with Crippen LogP contribution >= 0.6 is 0 Å². The molecule has 0 aromatic heterocycles. The molecule has 0 radical (unpaired) electrons. The highest BCUT2D eigenvalue weighted by molar-refractivity contribution is 5.96. The van der Waals surface area contributed by atoms with E-state index in [0.29, 0.717) is 0 Å². The highest BCUT2D eigenvalue weighted by Crippen LogP contribution is 2.24. The second kappa shape index (κ2) is 6.91. The van der Waals surface area contributed by atoms with Gasteiger partial charge >= 0.3 is 0 Å². The SMILES string of the molecule is NNC(=O)c1ccccc1ONC(=O)C1CCCCC1. The third-order valence-corrected chi connectivity index (χ3v) is 3.50. The predicted molar refractivity (Wildman–Crippen MR) is 73.4 cm³/mol. The number of hydrazine groups is 1. The number of hydrogen-bond donors (Lipinski definition) is 3. The Morgan fingerprint density at radius 3 is 2.55 bits per heavy atom. The fourth-order valence-corrected chi connectivity index (χ4v) is 2.37. The molecule has 2 amide bonds. The summed E-state index contributed by atoms with van der Waals surface area (Å²) in [6.45, 7) is 0. The van der Waals surface area contributed by atoms with Crippen LogP contribution in [0.15, 0.2) is 24.3 Å². The lowest BCUT2D eigenvalue weighted by molar-refractivity contribution is -0.132. The fourth-order valence-electron chi connectivity index (χ4n) is 2.37. The molecule has 6 heteroatoms. The van der Waals surface area contributed by atoms with E-state index >= 15 is 0 Å². The monoisotopic (exact) mass is 277 g/mol. The molecule has 0 heterocycles. The zero-order valence-electron chi connectivity index (χ0n) is 11.2. The standard InChI is InChI=1S/C14H19N3O3/c15-16-14(19)11-8-4-5-9-12(11)20-17-13(18)10-6-2-1-3-7-10/h4-5,8-10H,1-3,6-7,15H2,(H,16,19)(H,17,18). The number of hydrogen-bond acceptors (Lipinski definition) is 4. The summed E-state index contributed by atoms with van der Waals surface area (Å²) in [5, 5.41) is 0. The summed E-state index contributed by atoms with van der Waals surface area (Å²) in [5.41, 5.74) is 4.75. The first-order valence-corrected chi connectivity index (χ1v) is 6.79.